The van der Waals surface area contributed by atoms with Crippen LogP contribution in [0.1, 0.15) is 17.0 Å². The quantitative estimate of drug-likeness (QED) is 0.379. The molecule has 1 aliphatic rings. The Morgan fingerprint density at radius 1 is 1.11 bits per heavy atom. The van der Waals surface area contributed by atoms with Crippen LogP contribution in [0.15, 0.2) is 72.1 Å². The fourth-order valence-electron chi connectivity index (χ4n) is 4.40. The van der Waals surface area contributed by atoms with Crippen LogP contribution in [0, 0.1) is 0 Å². The van der Waals surface area contributed by atoms with E-state index in [1.165, 1.54) is 4.31 Å². The van der Waals surface area contributed by atoms with Gasteiger partial charge in [0.15, 0.2) is 0 Å². The highest BCUT2D eigenvalue weighted by Gasteiger charge is 2.30. The third-order valence-electron chi connectivity index (χ3n) is 6.17. The molecule has 8 nitrogen and oxygen atoms in total. The van der Waals surface area contributed by atoms with Crippen molar-refractivity contribution in [1.29, 1.82) is 0 Å². The zero-order valence-corrected chi connectivity index (χ0v) is 21.1. The predicted molar refractivity (Wildman–Crippen MR) is 135 cm³/mol. The van der Waals surface area contributed by atoms with Crippen LogP contribution in [-0.4, -0.2) is 67.9 Å². The van der Waals surface area contributed by atoms with Crippen LogP contribution in [0.25, 0.3) is 5.69 Å². The van der Waals surface area contributed by atoms with Crippen LogP contribution in [-0.2, 0) is 34.3 Å². The van der Waals surface area contributed by atoms with E-state index in [1.807, 2.05) is 35.0 Å². The average molecular weight is 497 g/mol. The molecule has 186 valence electrons. The molecule has 3 aromatic rings. The average Bonchev–Trinajstić information content (AvgIpc) is 3.24. The lowest BCUT2D eigenvalue weighted by Gasteiger charge is -2.27. The van der Waals surface area contributed by atoms with Crippen molar-refractivity contribution in [3.63, 3.8) is 0 Å². The van der Waals surface area contributed by atoms with E-state index < -0.39 is 10.0 Å². The fraction of sp³-hybridized carbons (Fsp3) is 0.346. The number of hydrogen-bond donors (Lipinski definition) is 0. The van der Waals surface area contributed by atoms with Crippen molar-refractivity contribution in [1.82, 2.24) is 19.0 Å². The summed E-state index contributed by atoms with van der Waals surface area (Å²) in [5.41, 5.74) is 3.70. The molecule has 0 spiro atoms. The summed E-state index contributed by atoms with van der Waals surface area (Å²) in [7, 11) is -0.533. The van der Waals surface area contributed by atoms with Crippen LogP contribution >= 0.6 is 0 Å². The maximum atomic E-state index is 13.5. The Bertz CT molecular complexity index is 1260. The first-order chi connectivity index (χ1) is 17.0. The zero-order valence-electron chi connectivity index (χ0n) is 20.3. The molecule has 0 N–H and O–H groups in total. The van der Waals surface area contributed by atoms with E-state index in [1.54, 1.807) is 44.6 Å². The second kappa shape index (κ2) is 11.2. The molecule has 1 aliphatic heterocycles. The SMILES string of the molecule is C=CCN1CCc2c(c(CN(CCOC)S(=O)(=O)c3ccccc3)nn2-c2ccccc2OC)C1. The summed E-state index contributed by atoms with van der Waals surface area (Å²) in [6.07, 6.45) is 2.68. The molecule has 2 aromatic carbocycles. The standard InChI is InChI=1S/C26H32N4O4S/c1-4-15-28-16-14-24-22(19-28)23(27-30(24)25-12-8-9-13-26(25)34-3)20-29(17-18-33-2)35(31,32)21-10-6-5-7-11-21/h4-13H,1,14-20H2,2-3H3. The van der Waals surface area contributed by atoms with Crippen molar-refractivity contribution in [3.05, 3.63) is 84.2 Å². The smallest absolute Gasteiger partial charge is 0.243 e. The van der Waals surface area contributed by atoms with Gasteiger partial charge in [-0.25, -0.2) is 13.1 Å². The number of aromatic nitrogens is 2. The van der Waals surface area contributed by atoms with Gasteiger partial charge in [-0.05, 0) is 24.3 Å². The second-order valence-corrected chi connectivity index (χ2v) is 10.3. The van der Waals surface area contributed by atoms with Gasteiger partial charge in [0, 0.05) is 45.3 Å². The first kappa shape index (κ1) is 25.1. The number of rotatable bonds is 11. The number of nitrogens with zero attached hydrogens (tertiary/aromatic N) is 4. The fourth-order valence-corrected chi connectivity index (χ4v) is 5.80. The van der Waals surface area contributed by atoms with Gasteiger partial charge < -0.3 is 9.47 Å². The van der Waals surface area contributed by atoms with Crippen molar-refractivity contribution in [2.75, 3.05) is 40.5 Å². The molecule has 9 heteroatoms. The molecule has 0 unspecified atom stereocenters. The second-order valence-electron chi connectivity index (χ2n) is 8.37. The van der Waals surface area contributed by atoms with Crippen LogP contribution in [0.5, 0.6) is 5.75 Å². The minimum Gasteiger partial charge on any atom is -0.494 e. The zero-order chi connectivity index (χ0) is 24.8. The van der Waals surface area contributed by atoms with Crippen LogP contribution in [0.2, 0.25) is 0 Å². The highest BCUT2D eigenvalue weighted by molar-refractivity contribution is 7.89. The number of benzene rings is 2. The summed E-state index contributed by atoms with van der Waals surface area (Å²) in [5.74, 6) is 0.714. The molecule has 0 radical (unpaired) electrons. The van der Waals surface area contributed by atoms with Gasteiger partial charge in [-0.1, -0.05) is 36.4 Å². The summed E-state index contributed by atoms with van der Waals surface area (Å²) >= 11 is 0. The molecule has 4 rings (SSSR count). The number of ether oxygens (including phenoxy) is 2. The van der Waals surface area contributed by atoms with Crippen molar-refractivity contribution >= 4 is 10.0 Å². The molecule has 0 amide bonds. The normalized spacial score (nSPS) is 14.1. The highest BCUT2D eigenvalue weighted by atomic mass is 32.2. The third-order valence-corrected chi connectivity index (χ3v) is 8.03. The summed E-state index contributed by atoms with van der Waals surface area (Å²) in [5, 5.41) is 4.96. The molecule has 0 fully saturated rings. The largest absolute Gasteiger partial charge is 0.494 e. The molecule has 0 saturated carbocycles. The number of fused-ring (bicyclic) bond motifs is 1. The first-order valence-electron chi connectivity index (χ1n) is 11.6. The Balaban J connectivity index is 1.78. The molecule has 35 heavy (non-hydrogen) atoms. The molecule has 2 heterocycles. The summed E-state index contributed by atoms with van der Waals surface area (Å²) in [6.45, 7) is 6.83. The van der Waals surface area contributed by atoms with E-state index in [-0.39, 0.29) is 24.6 Å². The van der Waals surface area contributed by atoms with E-state index in [9.17, 15) is 8.42 Å². The van der Waals surface area contributed by atoms with Gasteiger partial charge in [0.1, 0.15) is 11.4 Å². The van der Waals surface area contributed by atoms with E-state index in [0.717, 1.165) is 42.1 Å². The van der Waals surface area contributed by atoms with Crippen molar-refractivity contribution < 1.29 is 17.9 Å². The molecule has 0 atom stereocenters. The summed E-state index contributed by atoms with van der Waals surface area (Å²) in [4.78, 5) is 2.54. The van der Waals surface area contributed by atoms with Gasteiger partial charge >= 0.3 is 0 Å². The number of sulfonamides is 1. The minimum absolute atomic E-state index is 0.146. The molecule has 0 bridgehead atoms. The van der Waals surface area contributed by atoms with E-state index in [4.69, 9.17) is 14.6 Å². The Labute approximate surface area is 207 Å². The van der Waals surface area contributed by atoms with Crippen molar-refractivity contribution in [3.8, 4) is 11.4 Å². The predicted octanol–water partition coefficient (Wildman–Crippen LogP) is 3.26. The highest BCUT2D eigenvalue weighted by Crippen LogP contribution is 2.31. The van der Waals surface area contributed by atoms with Crippen LogP contribution < -0.4 is 4.74 Å². The lowest BCUT2D eigenvalue weighted by atomic mass is 10.0. The molecule has 1 aromatic heterocycles. The Morgan fingerprint density at radius 2 is 1.86 bits per heavy atom. The monoisotopic (exact) mass is 496 g/mol. The number of hydrogen-bond acceptors (Lipinski definition) is 6. The van der Waals surface area contributed by atoms with Gasteiger partial charge in [0.25, 0.3) is 0 Å². The van der Waals surface area contributed by atoms with E-state index in [0.29, 0.717) is 12.3 Å². The van der Waals surface area contributed by atoms with Crippen LogP contribution in [0.4, 0.5) is 0 Å². The Kier molecular flexibility index (Phi) is 8.02. The molecular formula is C26H32N4O4S. The summed E-state index contributed by atoms with van der Waals surface area (Å²) in [6, 6.07) is 16.2. The summed E-state index contributed by atoms with van der Waals surface area (Å²) < 4.78 is 41.3. The van der Waals surface area contributed by atoms with E-state index >= 15 is 0 Å². The molecule has 0 saturated heterocycles. The van der Waals surface area contributed by atoms with Gasteiger partial charge in [-0.3, -0.25) is 4.90 Å². The Morgan fingerprint density at radius 3 is 2.57 bits per heavy atom. The van der Waals surface area contributed by atoms with Gasteiger partial charge in [0.2, 0.25) is 10.0 Å². The lowest BCUT2D eigenvalue weighted by Crippen LogP contribution is -2.35. The van der Waals surface area contributed by atoms with Gasteiger partial charge in [-0.2, -0.15) is 9.40 Å². The minimum atomic E-state index is -3.74. The number of para-hydroxylation sites is 2. The topological polar surface area (TPSA) is 76.9 Å². The maximum absolute atomic E-state index is 13.5. The van der Waals surface area contributed by atoms with Gasteiger partial charge in [-0.15, -0.1) is 6.58 Å². The molecular weight excluding hydrogens is 464 g/mol. The maximum Gasteiger partial charge on any atom is 0.243 e. The Hall–Kier alpha value is -2.98. The van der Waals surface area contributed by atoms with Gasteiger partial charge in [0.05, 0.1) is 36.5 Å². The first-order valence-corrected chi connectivity index (χ1v) is 13.0. The van der Waals surface area contributed by atoms with E-state index in [2.05, 4.69) is 11.5 Å². The lowest BCUT2D eigenvalue weighted by molar-refractivity contribution is 0.176. The molecule has 0 aliphatic carbocycles. The van der Waals surface area contributed by atoms with Crippen LogP contribution in [0.3, 0.4) is 0 Å². The van der Waals surface area contributed by atoms with Crippen molar-refractivity contribution in [2.24, 2.45) is 0 Å². The number of methoxy groups -OCH3 is 2. The third kappa shape index (κ3) is 5.33. The van der Waals surface area contributed by atoms with Crippen molar-refractivity contribution in [2.45, 2.75) is 24.4 Å².